The molecule has 2 aromatic carbocycles. The maximum atomic E-state index is 12.8. The van der Waals surface area contributed by atoms with Gasteiger partial charge in [-0.3, -0.25) is 4.79 Å². The van der Waals surface area contributed by atoms with Crippen LogP contribution in [-0.4, -0.2) is 31.7 Å². The summed E-state index contributed by atoms with van der Waals surface area (Å²) in [6, 6.07) is 9.86. The van der Waals surface area contributed by atoms with Gasteiger partial charge in [0.05, 0.1) is 10.7 Å². The number of rotatable bonds is 4. The third kappa shape index (κ3) is 3.96. The van der Waals surface area contributed by atoms with E-state index in [-0.39, 0.29) is 15.5 Å². The molecule has 1 aliphatic heterocycles. The number of sulfonamides is 1. The van der Waals surface area contributed by atoms with Crippen molar-refractivity contribution in [2.24, 2.45) is 0 Å². The summed E-state index contributed by atoms with van der Waals surface area (Å²) >= 11 is 9.53. The molecule has 2 aromatic rings. The molecule has 0 atom stereocenters. The zero-order valence-corrected chi connectivity index (χ0v) is 17.3. The number of anilines is 1. The number of aryl methyl sites for hydroxylation is 1. The van der Waals surface area contributed by atoms with Gasteiger partial charge in [-0.1, -0.05) is 17.7 Å². The average Bonchev–Trinajstić information content (AvgIpc) is 3.13. The summed E-state index contributed by atoms with van der Waals surface area (Å²) < 4.78 is 27.7. The third-order valence-electron chi connectivity index (χ3n) is 4.25. The molecule has 0 radical (unpaired) electrons. The van der Waals surface area contributed by atoms with E-state index in [1.807, 2.05) is 19.1 Å². The van der Waals surface area contributed by atoms with Crippen LogP contribution in [0.25, 0.3) is 0 Å². The lowest BCUT2D eigenvalue weighted by molar-refractivity contribution is 0.102. The molecule has 0 unspecified atom stereocenters. The Labute approximate surface area is 166 Å². The number of halogens is 2. The first-order chi connectivity index (χ1) is 12.3. The first-order valence-corrected chi connectivity index (χ1v) is 10.8. The molecule has 5 nitrogen and oxygen atoms in total. The Hall–Kier alpha value is -1.41. The van der Waals surface area contributed by atoms with Gasteiger partial charge in [0.1, 0.15) is 4.90 Å². The molecule has 138 valence electrons. The fourth-order valence-electron chi connectivity index (χ4n) is 2.83. The van der Waals surface area contributed by atoms with Crippen molar-refractivity contribution in [3.63, 3.8) is 0 Å². The zero-order valence-electron chi connectivity index (χ0n) is 14.1. The van der Waals surface area contributed by atoms with Crippen LogP contribution in [0.2, 0.25) is 5.02 Å². The Morgan fingerprint density at radius 1 is 1.15 bits per heavy atom. The van der Waals surface area contributed by atoms with E-state index in [0.29, 0.717) is 18.8 Å². The molecule has 26 heavy (non-hydrogen) atoms. The highest BCUT2D eigenvalue weighted by molar-refractivity contribution is 9.10. The van der Waals surface area contributed by atoms with Gasteiger partial charge < -0.3 is 5.32 Å². The van der Waals surface area contributed by atoms with Crippen LogP contribution in [0.1, 0.15) is 28.8 Å². The van der Waals surface area contributed by atoms with E-state index in [4.69, 9.17) is 11.6 Å². The lowest BCUT2D eigenvalue weighted by Gasteiger charge is -2.17. The van der Waals surface area contributed by atoms with E-state index in [9.17, 15) is 13.2 Å². The molecule has 0 spiro atoms. The second-order valence-electron chi connectivity index (χ2n) is 6.19. The minimum atomic E-state index is -3.70. The molecule has 3 rings (SSSR count). The van der Waals surface area contributed by atoms with Gasteiger partial charge in [-0.15, -0.1) is 0 Å². The second kappa shape index (κ2) is 7.68. The Kier molecular flexibility index (Phi) is 5.72. The van der Waals surface area contributed by atoms with Crippen LogP contribution in [0, 0.1) is 6.92 Å². The first-order valence-electron chi connectivity index (χ1n) is 8.16. The number of benzene rings is 2. The molecule has 1 amide bonds. The van der Waals surface area contributed by atoms with Crippen LogP contribution >= 0.6 is 27.5 Å². The van der Waals surface area contributed by atoms with Crippen LogP contribution in [0.5, 0.6) is 0 Å². The first kappa shape index (κ1) is 19.4. The lowest BCUT2D eigenvalue weighted by Crippen LogP contribution is -2.28. The standard InChI is InChI=1S/C18H18BrClN2O3S/c1-12-4-7-16(14(19)10-12)21-18(23)13-5-6-15(20)17(11-13)26(24,25)22-8-2-3-9-22/h4-7,10-11H,2-3,8-9H2,1H3,(H,21,23). The summed E-state index contributed by atoms with van der Waals surface area (Å²) in [7, 11) is -3.70. The van der Waals surface area contributed by atoms with Gasteiger partial charge in [0, 0.05) is 23.1 Å². The van der Waals surface area contributed by atoms with E-state index < -0.39 is 15.9 Å². The maximum Gasteiger partial charge on any atom is 0.255 e. The van der Waals surface area contributed by atoms with Gasteiger partial charge in [-0.25, -0.2) is 8.42 Å². The van der Waals surface area contributed by atoms with Crippen LogP contribution in [0.15, 0.2) is 45.8 Å². The normalized spacial score (nSPS) is 15.2. The van der Waals surface area contributed by atoms with Gasteiger partial charge in [-0.2, -0.15) is 4.31 Å². The molecule has 1 N–H and O–H groups in total. The van der Waals surface area contributed by atoms with Crippen LogP contribution in [-0.2, 0) is 10.0 Å². The van der Waals surface area contributed by atoms with Crippen molar-refractivity contribution in [1.29, 1.82) is 0 Å². The van der Waals surface area contributed by atoms with Crippen molar-refractivity contribution in [2.45, 2.75) is 24.7 Å². The fraction of sp³-hybridized carbons (Fsp3) is 0.278. The van der Waals surface area contributed by atoms with Crippen molar-refractivity contribution >= 4 is 49.1 Å². The number of hydrogen-bond acceptors (Lipinski definition) is 3. The van der Waals surface area contributed by atoms with Gasteiger partial charge in [0.15, 0.2) is 0 Å². The Balaban J connectivity index is 1.90. The number of carbonyl (C=O) groups excluding carboxylic acids is 1. The molecule has 0 aliphatic carbocycles. The largest absolute Gasteiger partial charge is 0.321 e. The van der Waals surface area contributed by atoms with Crippen LogP contribution < -0.4 is 5.32 Å². The number of amides is 1. The number of nitrogens with one attached hydrogen (secondary N) is 1. The topological polar surface area (TPSA) is 66.5 Å². The van der Waals surface area contributed by atoms with E-state index >= 15 is 0 Å². The van der Waals surface area contributed by atoms with Crippen LogP contribution in [0.3, 0.4) is 0 Å². The summed E-state index contributed by atoms with van der Waals surface area (Å²) in [5, 5.41) is 2.90. The summed E-state index contributed by atoms with van der Waals surface area (Å²) in [4.78, 5) is 12.5. The molecule has 0 saturated carbocycles. The second-order valence-corrected chi connectivity index (χ2v) is 9.36. The summed E-state index contributed by atoms with van der Waals surface area (Å²) in [6.07, 6.45) is 1.66. The van der Waals surface area contributed by atoms with Crippen molar-refractivity contribution in [2.75, 3.05) is 18.4 Å². The van der Waals surface area contributed by atoms with Crippen molar-refractivity contribution in [1.82, 2.24) is 4.31 Å². The smallest absolute Gasteiger partial charge is 0.255 e. The molecule has 0 aromatic heterocycles. The molecular weight excluding hydrogens is 440 g/mol. The predicted molar refractivity (Wildman–Crippen MR) is 106 cm³/mol. The minimum absolute atomic E-state index is 0.0308. The quantitative estimate of drug-likeness (QED) is 0.738. The average molecular weight is 458 g/mol. The maximum absolute atomic E-state index is 12.8. The summed E-state index contributed by atoms with van der Waals surface area (Å²) in [6.45, 7) is 2.90. The summed E-state index contributed by atoms with van der Waals surface area (Å²) in [5.74, 6) is -0.399. The SMILES string of the molecule is Cc1ccc(NC(=O)c2ccc(Cl)c(S(=O)(=O)N3CCCC3)c2)c(Br)c1. The third-order valence-corrected chi connectivity index (χ3v) is 7.29. The van der Waals surface area contributed by atoms with E-state index in [0.717, 1.165) is 22.9 Å². The molecule has 1 fully saturated rings. The van der Waals surface area contributed by atoms with E-state index in [2.05, 4.69) is 21.2 Å². The van der Waals surface area contributed by atoms with E-state index in [1.54, 1.807) is 6.07 Å². The highest BCUT2D eigenvalue weighted by atomic mass is 79.9. The zero-order chi connectivity index (χ0) is 18.9. The van der Waals surface area contributed by atoms with Gasteiger partial charge in [0.25, 0.3) is 5.91 Å². The highest BCUT2D eigenvalue weighted by Gasteiger charge is 2.29. The lowest BCUT2D eigenvalue weighted by atomic mass is 10.2. The van der Waals surface area contributed by atoms with Crippen LogP contribution in [0.4, 0.5) is 5.69 Å². The van der Waals surface area contributed by atoms with Crippen molar-refractivity contribution < 1.29 is 13.2 Å². The predicted octanol–water partition coefficient (Wildman–Crippen LogP) is 4.45. The van der Waals surface area contributed by atoms with Crippen molar-refractivity contribution in [3.05, 3.63) is 57.0 Å². The number of carbonyl (C=O) groups is 1. The molecule has 8 heteroatoms. The van der Waals surface area contributed by atoms with Gasteiger partial charge >= 0.3 is 0 Å². The summed E-state index contributed by atoms with van der Waals surface area (Å²) in [5.41, 5.74) is 1.90. The Bertz CT molecular complexity index is 957. The number of hydrogen-bond donors (Lipinski definition) is 1. The molecule has 1 saturated heterocycles. The van der Waals surface area contributed by atoms with Gasteiger partial charge in [-0.05, 0) is 71.6 Å². The Morgan fingerprint density at radius 3 is 2.50 bits per heavy atom. The van der Waals surface area contributed by atoms with Crippen molar-refractivity contribution in [3.8, 4) is 0 Å². The molecule has 1 heterocycles. The fourth-order valence-corrected chi connectivity index (χ4v) is 5.44. The van der Waals surface area contributed by atoms with E-state index in [1.165, 1.54) is 22.5 Å². The Morgan fingerprint density at radius 2 is 1.85 bits per heavy atom. The highest BCUT2D eigenvalue weighted by Crippen LogP contribution is 2.29. The minimum Gasteiger partial charge on any atom is -0.321 e. The van der Waals surface area contributed by atoms with Gasteiger partial charge in [0.2, 0.25) is 10.0 Å². The monoisotopic (exact) mass is 456 g/mol. The molecule has 0 bridgehead atoms. The molecule has 1 aliphatic rings. The molecular formula is C18H18BrClN2O3S. The number of nitrogens with zero attached hydrogens (tertiary/aromatic N) is 1.